The van der Waals surface area contributed by atoms with Crippen molar-refractivity contribution in [2.24, 2.45) is 0 Å². The van der Waals surface area contributed by atoms with Gasteiger partial charge in [0.2, 0.25) is 10.0 Å². The molecule has 1 saturated carbocycles. The minimum Gasteiger partial charge on any atom is -0.508 e. The van der Waals surface area contributed by atoms with E-state index in [0.29, 0.717) is 0 Å². The SMILES string of the molecule is O=S(=O)(NC1CCC(c2ccc(O)cc2O)CC1)c1ccccc1. The van der Waals surface area contributed by atoms with Gasteiger partial charge in [-0.15, -0.1) is 0 Å². The predicted molar refractivity (Wildman–Crippen MR) is 91.5 cm³/mol. The first-order valence-corrected chi connectivity index (χ1v) is 9.53. The van der Waals surface area contributed by atoms with Gasteiger partial charge in [-0.25, -0.2) is 13.1 Å². The van der Waals surface area contributed by atoms with Crippen LogP contribution in [0, 0.1) is 0 Å². The quantitative estimate of drug-likeness (QED) is 0.793. The summed E-state index contributed by atoms with van der Waals surface area (Å²) in [6, 6.07) is 12.9. The Balaban J connectivity index is 1.63. The van der Waals surface area contributed by atoms with E-state index < -0.39 is 10.0 Å². The number of sulfonamides is 1. The van der Waals surface area contributed by atoms with Crippen LogP contribution in [0.2, 0.25) is 0 Å². The molecule has 3 N–H and O–H groups in total. The van der Waals surface area contributed by atoms with Crippen molar-refractivity contribution in [1.29, 1.82) is 0 Å². The zero-order valence-corrected chi connectivity index (χ0v) is 14.0. The van der Waals surface area contributed by atoms with Gasteiger partial charge in [0.05, 0.1) is 4.90 Å². The van der Waals surface area contributed by atoms with E-state index >= 15 is 0 Å². The summed E-state index contributed by atoms with van der Waals surface area (Å²) >= 11 is 0. The Morgan fingerprint density at radius 1 is 0.917 bits per heavy atom. The van der Waals surface area contributed by atoms with Crippen LogP contribution >= 0.6 is 0 Å². The average Bonchev–Trinajstić information content (AvgIpc) is 2.56. The van der Waals surface area contributed by atoms with Crippen LogP contribution in [0.3, 0.4) is 0 Å². The summed E-state index contributed by atoms with van der Waals surface area (Å²) in [5.41, 5.74) is 0.817. The molecule has 0 amide bonds. The van der Waals surface area contributed by atoms with E-state index in [-0.39, 0.29) is 28.4 Å². The molecule has 0 radical (unpaired) electrons. The van der Waals surface area contributed by atoms with E-state index in [1.165, 1.54) is 6.07 Å². The summed E-state index contributed by atoms with van der Waals surface area (Å²) < 4.78 is 27.5. The van der Waals surface area contributed by atoms with Gasteiger partial charge < -0.3 is 10.2 Å². The number of benzene rings is 2. The van der Waals surface area contributed by atoms with Crippen molar-refractivity contribution >= 4 is 10.0 Å². The van der Waals surface area contributed by atoms with Crippen molar-refractivity contribution in [3.63, 3.8) is 0 Å². The standard InChI is InChI=1S/C18H21NO4S/c20-15-10-11-17(18(21)12-15)13-6-8-14(9-7-13)19-24(22,23)16-4-2-1-3-5-16/h1-5,10-14,19-21H,6-9H2. The lowest BCUT2D eigenvalue weighted by Crippen LogP contribution is -2.37. The van der Waals surface area contributed by atoms with Crippen LogP contribution < -0.4 is 4.72 Å². The Bertz CT molecular complexity index is 797. The average molecular weight is 347 g/mol. The highest BCUT2D eigenvalue weighted by Crippen LogP contribution is 2.38. The maximum atomic E-state index is 12.4. The molecule has 128 valence electrons. The van der Waals surface area contributed by atoms with Crippen molar-refractivity contribution in [3.05, 3.63) is 54.1 Å². The van der Waals surface area contributed by atoms with Gasteiger partial charge in [-0.2, -0.15) is 0 Å². The van der Waals surface area contributed by atoms with Gasteiger partial charge in [-0.1, -0.05) is 24.3 Å². The van der Waals surface area contributed by atoms with E-state index in [1.807, 2.05) is 0 Å². The highest BCUT2D eigenvalue weighted by atomic mass is 32.2. The maximum Gasteiger partial charge on any atom is 0.240 e. The first kappa shape index (κ1) is 16.8. The number of aromatic hydroxyl groups is 2. The van der Waals surface area contributed by atoms with Crippen molar-refractivity contribution in [2.45, 2.75) is 42.5 Å². The third-order valence-corrected chi connectivity index (χ3v) is 6.09. The summed E-state index contributed by atoms with van der Waals surface area (Å²) in [4.78, 5) is 0.281. The fraction of sp³-hybridized carbons (Fsp3) is 0.333. The molecule has 0 spiro atoms. The molecule has 0 saturated heterocycles. The first-order valence-electron chi connectivity index (χ1n) is 8.05. The summed E-state index contributed by atoms with van der Waals surface area (Å²) in [6.07, 6.45) is 3.02. The number of hydrogen-bond acceptors (Lipinski definition) is 4. The van der Waals surface area contributed by atoms with E-state index in [2.05, 4.69) is 4.72 Å². The molecule has 0 bridgehead atoms. The molecule has 0 atom stereocenters. The topological polar surface area (TPSA) is 86.6 Å². The normalized spacial score (nSPS) is 21.5. The molecule has 1 fully saturated rings. The largest absolute Gasteiger partial charge is 0.508 e. The molecule has 0 aliphatic heterocycles. The van der Waals surface area contributed by atoms with E-state index in [4.69, 9.17) is 0 Å². The molecule has 3 rings (SSSR count). The van der Waals surface area contributed by atoms with Crippen LogP contribution in [0.1, 0.15) is 37.2 Å². The first-order chi connectivity index (χ1) is 11.5. The number of rotatable bonds is 4. The summed E-state index contributed by atoms with van der Waals surface area (Å²) in [5.74, 6) is 0.326. The number of hydrogen-bond donors (Lipinski definition) is 3. The fourth-order valence-corrected chi connectivity index (χ4v) is 4.61. The van der Waals surface area contributed by atoms with Crippen molar-refractivity contribution in [1.82, 2.24) is 4.72 Å². The van der Waals surface area contributed by atoms with Crippen LogP contribution in [0.4, 0.5) is 0 Å². The zero-order valence-electron chi connectivity index (χ0n) is 13.2. The Hall–Kier alpha value is -2.05. The fourth-order valence-electron chi connectivity index (χ4n) is 3.29. The molecule has 0 aromatic heterocycles. The smallest absolute Gasteiger partial charge is 0.240 e. The summed E-state index contributed by atoms with van der Waals surface area (Å²) in [7, 11) is -3.49. The molecular weight excluding hydrogens is 326 g/mol. The van der Waals surface area contributed by atoms with Crippen molar-refractivity contribution in [2.75, 3.05) is 0 Å². The monoisotopic (exact) mass is 347 g/mol. The molecule has 0 heterocycles. The zero-order chi connectivity index (χ0) is 17.2. The Morgan fingerprint density at radius 2 is 1.58 bits per heavy atom. The lowest BCUT2D eigenvalue weighted by Gasteiger charge is -2.29. The second-order valence-corrected chi connectivity index (χ2v) is 7.94. The molecule has 0 unspecified atom stereocenters. The van der Waals surface area contributed by atoms with E-state index in [0.717, 1.165) is 31.2 Å². The highest BCUT2D eigenvalue weighted by molar-refractivity contribution is 7.89. The van der Waals surface area contributed by atoms with Crippen LogP contribution in [0.5, 0.6) is 11.5 Å². The highest BCUT2D eigenvalue weighted by Gasteiger charge is 2.27. The summed E-state index contributed by atoms with van der Waals surface area (Å²) in [6.45, 7) is 0. The van der Waals surface area contributed by atoms with E-state index in [9.17, 15) is 18.6 Å². The predicted octanol–water partition coefficient (Wildman–Crippen LogP) is 3.10. The van der Waals surface area contributed by atoms with Gasteiger partial charge in [0.25, 0.3) is 0 Å². The van der Waals surface area contributed by atoms with Gasteiger partial charge in [0.1, 0.15) is 11.5 Å². The van der Waals surface area contributed by atoms with Crippen LogP contribution in [-0.2, 0) is 10.0 Å². The molecule has 5 nitrogen and oxygen atoms in total. The van der Waals surface area contributed by atoms with Crippen LogP contribution in [-0.4, -0.2) is 24.7 Å². The van der Waals surface area contributed by atoms with Gasteiger partial charge in [0.15, 0.2) is 0 Å². The molecule has 24 heavy (non-hydrogen) atoms. The van der Waals surface area contributed by atoms with Crippen molar-refractivity contribution in [3.8, 4) is 11.5 Å². The molecule has 2 aromatic carbocycles. The van der Waals surface area contributed by atoms with Crippen LogP contribution in [0.25, 0.3) is 0 Å². The lowest BCUT2D eigenvalue weighted by atomic mass is 9.81. The number of phenolic OH excluding ortho intramolecular Hbond substituents is 2. The minimum atomic E-state index is -3.49. The molecule has 1 aliphatic carbocycles. The van der Waals surface area contributed by atoms with Gasteiger partial charge >= 0.3 is 0 Å². The number of phenols is 2. The molecule has 6 heteroatoms. The third-order valence-electron chi connectivity index (χ3n) is 4.56. The Labute approximate surface area is 142 Å². The van der Waals surface area contributed by atoms with E-state index in [1.54, 1.807) is 42.5 Å². The summed E-state index contributed by atoms with van der Waals surface area (Å²) in [5, 5.41) is 19.4. The second kappa shape index (κ2) is 6.83. The molecule has 1 aliphatic rings. The third kappa shape index (κ3) is 3.71. The van der Waals surface area contributed by atoms with Gasteiger partial charge in [-0.05, 0) is 55.4 Å². The van der Waals surface area contributed by atoms with Crippen molar-refractivity contribution < 1.29 is 18.6 Å². The maximum absolute atomic E-state index is 12.4. The van der Waals surface area contributed by atoms with Gasteiger partial charge in [0, 0.05) is 12.1 Å². The second-order valence-electron chi connectivity index (χ2n) is 6.23. The minimum absolute atomic E-state index is 0.0422. The van der Waals surface area contributed by atoms with Crippen LogP contribution in [0.15, 0.2) is 53.4 Å². The van der Waals surface area contributed by atoms with Gasteiger partial charge in [-0.3, -0.25) is 0 Å². The number of nitrogens with one attached hydrogen (secondary N) is 1. The molecular formula is C18H21NO4S. The Kier molecular flexibility index (Phi) is 4.78. The Morgan fingerprint density at radius 3 is 2.21 bits per heavy atom. The lowest BCUT2D eigenvalue weighted by molar-refractivity contribution is 0.362. The molecule has 2 aromatic rings.